The van der Waals surface area contributed by atoms with Gasteiger partial charge in [-0.3, -0.25) is 9.42 Å². The van der Waals surface area contributed by atoms with Gasteiger partial charge in [-0.15, -0.1) is 0 Å². The second-order valence-corrected chi connectivity index (χ2v) is 10.7. The number of aliphatic hydroxyl groups excluding tert-OH is 1. The van der Waals surface area contributed by atoms with Gasteiger partial charge in [0.05, 0.1) is 11.5 Å². The van der Waals surface area contributed by atoms with Gasteiger partial charge < -0.3 is 15.1 Å². The highest BCUT2D eigenvalue weighted by molar-refractivity contribution is 7.89. The summed E-state index contributed by atoms with van der Waals surface area (Å²) in [5.74, 6) is 0.956. The molecule has 2 N–H and O–H groups in total. The van der Waals surface area contributed by atoms with E-state index in [-0.39, 0.29) is 29.8 Å². The molecule has 2 aliphatic rings. The number of aromatic nitrogens is 2. The van der Waals surface area contributed by atoms with Gasteiger partial charge in [0.25, 0.3) is 5.84 Å². The Morgan fingerprint density at radius 3 is 2.76 bits per heavy atom. The van der Waals surface area contributed by atoms with Crippen LogP contribution in [-0.2, 0) is 30.0 Å². The standard InChI is InChI=1S/C23H33N5O5S/c1-4-7-19-22-20(26(3)25-19)15-28(30)23(24-22)18-12-17(9-10-21(18)33-5-2)34(31,32)27-13-16(14-27)8-6-11-29/h9-10,12,16,24,29H,4-8,11,13-15H2,1-3H3. The molecule has 34 heavy (non-hydrogen) atoms. The highest BCUT2D eigenvalue weighted by atomic mass is 32.2. The Morgan fingerprint density at radius 2 is 2.09 bits per heavy atom. The molecule has 0 aliphatic carbocycles. The minimum Gasteiger partial charge on any atom is -0.715 e. The van der Waals surface area contributed by atoms with E-state index in [1.165, 1.54) is 16.4 Å². The van der Waals surface area contributed by atoms with Crippen molar-refractivity contribution in [2.45, 2.75) is 51.0 Å². The van der Waals surface area contributed by atoms with Crippen molar-refractivity contribution < 1.29 is 23.0 Å². The molecule has 0 spiro atoms. The number of sulfonamides is 1. The molecular formula is C23H33N5O5S. The van der Waals surface area contributed by atoms with Crippen molar-refractivity contribution in [3.05, 3.63) is 40.4 Å². The highest BCUT2D eigenvalue weighted by Crippen LogP contribution is 2.33. The lowest BCUT2D eigenvalue weighted by molar-refractivity contribution is -0.476. The predicted octanol–water partition coefficient (Wildman–Crippen LogP) is 2.05. The Balaban J connectivity index is 1.67. The number of anilines is 1. The van der Waals surface area contributed by atoms with Gasteiger partial charge >= 0.3 is 0 Å². The smallest absolute Gasteiger partial charge is 0.289 e. The lowest BCUT2D eigenvalue weighted by Gasteiger charge is -2.38. The zero-order valence-electron chi connectivity index (χ0n) is 20.0. The molecule has 0 amide bonds. The van der Waals surface area contributed by atoms with E-state index >= 15 is 0 Å². The fraction of sp³-hybridized carbons (Fsp3) is 0.565. The summed E-state index contributed by atoms with van der Waals surface area (Å²) < 4.78 is 36.3. The second kappa shape index (κ2) is 9.93. The number of rotatable bonds is 10. The number of ether oxygens (including phenoxy) is 1. The number of aryl methyl sites for hydroxylation is 2. The van der Waals surface area contributed by atoms with Crippen LogP contribution >= 0.6 is 0 Å². The summed E-state index contributed by atoms with van der Waals surface area (Å²) in [5, 5.41) is 29.9. The summed E-state index contributed by atoms with van der Waals surface area (Å²) in [6.45, 7) is 5.38. The fourth-order valence-corrected chi connectivity index (χ4v) is 6.14. The topological polar surface area (TPSA) is 123 Å². The summed E-state index contributed by atoms with van der Waals surface area (Å²) in [5.41, 5.74) is 2.88. The lowest BCUT2D eigenvalue weighted by Crippen LogP contribution is -2.49. The first kappa shape index (κ1) is 24.5. The van der Waals surface area contributed by atoms with Crippen molar-refractivity contribution in [3.8, 4) is 5.75 Å². The Hall–Kier alpha value is -2.63. The van der Waals surface area contributed by atoms with E-state index in [4.69, 9.17) is 9.84 Å². The third-order valence-corrected chi connectivity index (χ3v) is 8.18. The number of aliphatic hydroxyl groups is 1. The predicted molar refractivity (Wildman–Crippen MR) is 128 cm³/mol. The number of nitrogens with one attached hydrogen (secondary N) is 1. The van der Waals surface area contributed by atoms with E-state index in [0.29, 0.717) is 37.4 Å². The van der Waals surface area contributed by atoms with Crippen molar-refractivity contribution in [2.24, 2.45) is 13.0 Å². The Kier molecular flexibility index (Phi) is 7.15. The van der Waals surface area contributed by atoms with Gasteiger partial charge in [-0.05, 0) is 50.3 Å². The molecule has 0 saturated carbocycles. The first-order chi connectivity index (χ1) is 16.3. The molecule has 2 aromatic rings. The molecule has 1 saturated heterocycles. The van der Waals surface area contributed by atoms with E-state index in [1.54, 1.807) is 10.7 Å². The third kappa shape index (κ3) is 4.51. The molecule has 0 unspecified atom stereocenters. The van der Waals surface area contributed by atoms with Crippen LogP contribution in [0.15, 0.2) is 23.1 Å². The zero-order valence-corrected chi connectivity index (χ0v) is 20.8. The number of fused-ring (bicyclic) bond motifs is 1. The van der Waals surface area contributed by atoms with E-state index in [0.717, 1.165) is 41.1 Å². The largest absolute Gasteiger partial charge is 0.715 e. The van der Waals surface area contributed by atoms with Gasteiger partial charge in [0.15, 0.2) is 5.69 Å². The molecule has 11 heteroatoms. The molecule has 0 radical (unpaired) electrons. The Bertz CT molecular complexity index is 1180. The minimum absolute atomic E-state index is 0.103. The van der Waals surface area contributed by atoms with Gasteiger partial charge in [0.2, 0.25) is 10.0 Å². The fourth-order valence-electron chi connectivity index (χ4n) is 4.52. The normalized spacial score (nSPS) is 16.8. The van der Waals surface area contributed by atoms with Crippen LogP contribution in [0.3, 0.4) is 0 Å². The van der Waals surface area contributed by atoms with Crippen LogP contribution in [0.4, 0.5) is 5.69 Å². The molecule has 10 nitrogen and oxygen atoms in total. The first-order valence-corrected chi connectivity index (χ1v) is 13.3. The summed E-state index contributed by atoms with van der Waals surface area (Å²) in [6, 6.07) is 4.67. The average Bonchev–Trinajstić information content (AvgIpc) is 3.07. The average molecular weight is 492 g/mol. The van der Waals surface area contributed by atoms with Gasteiger partial charge in [-0.1, -0.05) is 13.3 Å². The van der Waals surface area contributed by atoms with E-state index < -0.39 is 10.0 Å². The summed E-state index contributed by atoms with van der Waals surface area (Å²) in [6.07, 6.45) is 3.15. The first-order valence-electron chi connectivity index (χ1n) is 11.8. The van der Waals surface area contributed by atoms with E-state index in [9.17, 15) is 13.6 Å². The Labute approximate surface area is 200 Å². The molecule has 3 heterocycles. The number of hydroxylamine groups is 1. The van der Waals surface area contributed by atoms with Crippen LogP contribution in [0.2, 0.25) is 0 Å². The lowest BCUT2D eigenvalue weighted by atomic mass is 9.98. The van der Waals surface area contributed by atoms with Crippen LogP contribution in [-0.4, -0.2) is 64.5 Å². The minimum atomic E-state index is -3.71. The van der Waals surface area contributed by atoms with Crippen molar-refractivity contribution in [1.29, 1.82) is 0 Å². The maximum atomic E-state index is 13.3. The van der Waals surface area contributed by atoms with Gasteiger partial charge in [-0.2, -0.15) is 9.40 Å². The molecule has 1 aromatic carbocycles. The molecule has 1 fully saturated rings. The van der Waals surface area contributed by atoms with Crippen LogP contribution in [0.25, 0.3) is 0 Å². The van der Waals surface area contributed by atoms with Crippen molar-refractivity contribution in [1.82, 2.24) is 14.1 Å². The molecule has 0 atom stereocenters. The van der Waals surface area contributed by atoms with Crippen molar-refractivity contribution >= 4 is 21.5 Å². The SMILES string of the molecule is CCCc1nn(C)c2c1NC(c1cc(S(=O)(=O)N3CC(CCCO)C3)ccc1OCC)=[N+]([O-])C2. The van der Waals surface area contributed by atoms with Crippen LogP contribution in [0.1, 0.15) is 50.1 Å². The van der Waals surface area contributed by atoms with Crippen molar-refractivity contribution in [3.63, 3.8) is 0 Å². The van der Waals surface area contributed by atoms with Crippen molar-refractivity contribution in [2.75, 3.05) is 31.6 Å². The third-order valence-electron chi connectivity index (χ3n) is 6.35. The van der Waals surface area contributed by atoms with E-state index in [1.807, 2.05) is 14.0 Å². The number of amidine groups is 1. The molecule has 186 valence electrons. The second-order valence-electron chi connectivity index (χ2n) is 8.80. The van der Waals surface area contributed by atoms with Crippen LogP contribution in [0.5, 0.6) is 5.75 Å². The Morgan fingerprint density at radius 1 is 1.32 bits per heavy atom. The highest BCUT2D eigenvalue weighted by Gasteiger charge is 2.37. The van der Waals surface area contributed by atoms with Gasteiger partial charge in [0.1, 0.15) is 29.2 Å². The number of hydrogen-bond donors (Lipinski definition) is 2. The van der Waals surface area contributed by atoms with Gasteiger partial charge in [-0.25, -0.2) is 13.7 Å². The molecule has 0 bridgehead atoms. The quantitative estimate of drug-likeness (QED) is 0.385. The van der Waals surface area contributed by atoms with Crippen LogP contribution in [0, 0.1) is 11.1 Å². The number of hydrogen-bond acceptors (Lipinski definition) is 7. The van der Waals surface area contributed by atoms with Crippen LogP contribution < -0.4 is 10.1 Å². The monoisotopic (exact) mass is 491 g/mol. The summed E-state index contributed by atoms with van der Waals surface area (Å²) in [7, 11) is -1.89. The molecule has 2 aliphatic heterocycles. The molecular weight excluding hydrogens is 458 g/mol. The number of benzene rings is 1. The van der Waals surface area contributed by atoms with E-state index in [2.05, 4.69) is 17.3 Å². The summed E-state index contributed by atoms with van der Waals surface area (Å²) in [4.78, 5) is 0.125. The number of nitrogens with zero attached hydrogens (tertiary/aromatic N) is 4. The molecule has 1 aromatic heterocycles. The summed E-state index contributed by atoms with van der Waals surface area (Å²) >= 11 is 0. The molecule has 4 rings (SSSR count). The van der Waals surface area contributed by atoms with Gasteiger partial charge in [0, 0.05) is 26.7 Å². The maximum Gasteiger partial charge on any atom is 0.289 e. The zero-order chi connectivity index (χ0) is 24.5. The maximum absolute atomic E-state index is 13.3.